The molecule has 1 aromatic carbocycles. The van der Waals surface area contributed by atoms with Crippen molar-refractivity contribution < 1.29 is 19.0 Å². The number of halogens is 1. The molecule has 0 aliphatic carbocycles. The van der Waals surface area contributed by atoms with Crippen LogP contribution in [0.2, 0.25) is 0 Å². The molecule has 5 heteroatoms. The minimum Gasteiger partial charge on any atom is -0.497 e. The van der Waals surface area contributed by atoms with Crippen LogP contribution in [0.3, 0.4) is 0 Å². The van der Waals surface area contributed by atoms with E-state index in [0.29, 0.717) is 18.7 Å². The summed E-state index contributed by atoms with van der Waals surface area (Å²) in [5.74, 6) is -0.615. The number of nitrogens with one attached hydrogen (secondary N) is 1. The molecule has 0 aromatic heterocycles. The second-order valence-electron chi connectivity index (χ2n) is 4.70. The number of rotatable bonds is 6. The van der Waals surface area contributed by atoms with Crippen LogP contribution in [0.1, 0.15) is 30.6 Å². The molecule has 0 spiro atoms. The van der Waals surface area contributed by atoms with E-state index in [4.69, 9.17) is 4.74 Å². The number of methoxy groups -OCH3 is 1. The third kappa shape index (κ3) is 4.52. The Morgan fingerprint density at radius 3 is 2.68 bits per heavy atom. The van der Waals surface area contributed by atoms with Crippen LogP contribution in [-0.2, 0) is 0 Å². The summed E-state index contributed by atoms with van der Waals surface area (Å²) in [5, 5.41) is 12.2. The summed E-state index contributed by atoms with van der Waals surface area (Å²) in [5.41, 5.74) is -0.0279. The molecule has 1 aromatic rings. The van der Waals surface area contributed by atoms with Crippen molar-refractivity contribution in [2.24, 2.45) is 5.92 Å². The number of aliphatic hydroxyl groups excluding tert-OH is 1. The van der Waals surface area contributed by atoms with Crippen LogP contribution in [0.15, 0.2) is 18.2 Å². The summed E-state index contributed by atoms with van der Waals surface area (Å²) in [6, 6.07) is 4.07. The predicted molar refractivity (Wildman–Crippen MR) is 70.7 cm³/mol. The van der Waals surface area contributed by atoms with E-state index in [1.165, 1.54) is 19.2 Å². The average molecular weight is 269 g/mol. The molecular formula is C14H20FNO3. The fourth-order valence-corrected chi connectivity index (χ4v) is 1.57. The van der Waals surface area contributed by atoms with Gasteiger partial charge in [0.1, 0.15) is 11.6 Å². The van der Waals surface area contributed by atoms with Crippen LogP contribution in [-0.4, -0.2) is 30.8 Å². The third-order valence-electron chi connectivity index (χ3n) is 2.92. The van der Waals surface area contributed by atoms with Crippen LogP contribution in [0.25, 0.3) is 0 Å². The molecule has 0 fully saturated rings. The molecule has 0 aliphatic rings. The molecule has 0 saturated carbocycles. The van der Waals surface area contributed by atoms with Gasteiger partial charge in [0.2, 0.25) is 0 Å². The minimum absolute atomic E-state index is 0.0279. The minimum atomic E-state index is -0.624. The first kappa shape index (κ1) is 15.4. The highest BCUT2D eigenvalue weighted by Crippen LogP contribution is 2.16. The molecule has 0 heterocycles. The average Bonchev–Trinajstić information content (AvgIpc) is 2.37. The van der Waals surface area contributed by atoms with E-state index in [1.54, 1.807) is 0 Å². The number of hydrogen-bond acceptors (Lipinski definition) is 3. The molecule has 1 rings (SSSR count). The van der Waals surface area contributed by atoms with Crippen molar-refractivity contribution in [3.63, 3.8) is 0 Å². The molecule has 19 heavy (non-hydrogen) atoms. The number of amides is 1. The van der Waals surface area contributed by atoms with Crippen LogP contribution in [0.5, 0.6) is 5.75 Å². The molecule has 0 saturated heterocycles. The molecule has 0 radical (unpaired) electrons. The Balaban J connectivity index is 2.54. The maximum atomic E-state index is 13.6. The van der Waals surface area contributed by atoms with Gasteiger partial charge in [0.15, 0.2) is 0 Å². The SMILES string of the molecule is COc1ccc(C(=O)NCCC(O)C(C)C)c(F)c1. The molecule has 0 bridgehead atoms. The Morgan fingerprint density at radius 1 is 1.47 bits per heavy atom. The van der Waals surface area contributed by atoms with Crippen molar-refractivity contribution in [1.82, 2.24) is 5.32 Å². The maximum absolute atomic E-state index is 13.6. The van der Waals surface area contributed by atoms with E-state index < -0.39 is 17.8 Å². The van der Waals surface area contributed by atoms with Gasteiger partial charge in [0.25, 0.3) is 5.91 Å². The zero-order valence-electron chi connectivity index (χ0n) is 11.4. The molecule has 0 aliphatic heterocycles. The number of carbonyl (C=O) groups excluding carboxylic acids is 1. The van der Waals surface area contributed by atoms with E-state index in [9.17, 15) is 14.3 Å². The van der Waals surface area contributed by atoms with Crippen LogP contribution in [0, 0.1) is 11.7 Å². The lowest BCUT2D eigenvalue weighted by molar-refractivity contribution is 0.0916. The molecule has 1 atom stereocenters. The largest absolute Gasteiger partial charge is 0.497 e. The summed E-state index contributed by atoms with van der Waals surface area (Å²) in [7, 11) is 1.43. The standard InChI is InChI=1S/C14H20FNO3/c1-9(2)13(17)6-7-16-14(18)11-5-4-10(19-3)8-12(11)15/h4-5,8-9,13,17H,6-7H2,1-3H3,(H,16,18). The highest BCUT2D eigenvalue weighted by molar-refractivity contribution is 5.94. The summed E-state index contributed by atoms with van der Waals surface area (Å²) >= 11 is 0. The lowest BCUT2D eigenvalue weighted by atomic mass is 10.0. The van der Waals surface area contributed by atoms with Gasteiger partial charge in [-0.05, 0) is 24.5 Å². The number of hydrogen-bond donors (Lipinski definition) is 2. The smallest absolute Gasteiger partial charge is 0.254 e. The van der Waals surface area contributed by atoms with Gasteiger partial charge in [-0.25, -0.2) is 4.39 Å². The van der Waals surface area contributed by atoms with E-state index in [-0.39, 0.29) is 11.5 Å². The lowest BCUT2D eigenvalue weighted by Crippen LogP contribution is -2.29. The Bertz CT molecular complexity index is 435. The number of benzene rings is 1. The highest BCUT2D eigenvalue weighted by Gasteiger charge is 2.13. The summed E-state index contributed by atoms with van der Waals surface area (Å²) in [6.07, 6.45) is -0.0257. The Morgan fingerprint density at radius 2 is 2.16 bits per heavy atom. The van der Waals surface area contributed by atoms with Crippen LogP contribution in [0.4, 0.5) is 4.39 Å². The van der Waals surface area contributed by atoms with E-state index in [1.807, 2.05) is 13.8 Å². The van der Waals surface area contributed by atoms with Gasteiger partial charge in [-0.2, -0.15) is 0 Å². The topological polar surface area (TPSA) is 58.6 Å². The molecule has 1 unspecified atom stereocenters. The summed E-state index contributed by atoms with van der Waals surface area (Å²) in [6.45, 7) is 4.11. The van der Waals surface area contributed by atoms with Gasteiger partial charge in [-0.15, -0.1) is 0 Å². The van der Waals surface area contributed by atoms with Gasteiger partial charge >= 0.3 is 0 Å². The fraction of sp³-hybridized carbons (Fsp3) is 0.500. The number of aliphatic hydroxyl groups is 1. The molecule has 2 N–H and O–H groups in total. The normalized spacial score (nSPS) is 12.3. The second kappa shape index (κ2) is 7.09. The van der Waals surface area contributed by atoms with Gasteiger partial charge in [0.05, 0.1) is 18.8 Å². The molecule has 106 valence electrons. The Kier molecular flexibility index (Phi) is 5.76. The van der Waals surface area contributed by atoms with Crippen LogP contribution < -0.4 is 10.1 Å². The van der Waals surface area contributed by atoms with Gasteiger partial charge < -0.3 is 15.2 Å². The quantitative estimate of drug-likeness (QED) is 0.830. The van der Waals surface area contributed by atoms with Crippen molar-refractivity contribution in [3.05, 3.63) is 29.6 Å². The summed E-state index contributed by atoms with van der Waals surface area (Å²) < 4.78 is 18.5. The highest BCUT2D eigenvalue weighted by atomic mass is 19.1. The number of carbonyl (C=O) groups is 1. The third-order valence-corrected chi connectivity index (χ3v) is 2.92. The van der Waals surface area contributed by atoms with Gasteiger partial charge in [-0.3, -0.25) is 4.79 Å². The monoisotopic (exact) mass is 269 g/mol. The van der Waals surface area contributed by atoms with Crippen molar-refractivity contribution in [3.8, 4) is 5.75 Å². The van der Waals surface area contributed by atoms with Gasteiger partial charge in [0, 0.05) is 12.6 Å². The van der Waals surface area contributed by atoms with Crippen molar-refractivity contribution in [1.29, 1.82) is 0 Å². The first-order chi connectivity index (χ1) is 8.95. The molecular weight excluding hydrogens is 249 g/mol. The second-order valence-corrected chi connectivity index (χ2v) is 4.70. The van der Waals surface area contributed by atoms with E-state index in [2.05, 4.69) is 5.32 Å². The number of ether oxygens (including phenoxy) is 1. The maximum Gasteiger partial charge on any atom is 0.254 e. The lowest BCUT2D eigenvalue weighted by Gasteiger charge is -2.14. The summed E-state index contributed by atoms with van der Waals surface area (Å²) in [4.78, 5) is 11.7. The zero-order chi connectivity index (χ0) is 14.4. The first-order valence-electron chi connectivity index (χ1n) is 6.25. The van der Waals surface area contributed by atoms with E-state index in [0.717, 1.165) is 6.07 Å². The molecule has 1 amide bonds. The Hall–Kier alpha value is -1.62. The van der Waals surface area contributed by atoms with Crippen molar-refractivity contribution in [2.45, 2.75) is 26.4 Å². The zero-order valence-corrected chi connectivity index (χ0v) is 11.4. The van der Waals surface area contributed by atoms with E-state index >= 15 is 0 Å². The molecule has 4 nitrogen and oxygen atoms in total. The van der Waals surface area contributed by atoms with Crippen molar-refractivity contribution in [2.75, 3.05) is 13.7 Å². The Labute approximate surface area is 112 Å². The first-order valence-corrected chi connectivity index (χ1v) is 6.25. The van der Waals surface area contributed by atoms with Crippen LogP contribution >= 0.6 is 0 Å². The van der Waals surface area contributed by atoms with Crippen molar-refractivity contribution >= 4 is 5.91 Å². The predicted octanol–water partition coefficient (Wildman–Crippen LogP) is 1.97. The van der Waals surface area contributed by atoms with Gasteiger partial charge in [-0.1, -0.05) is 13.8 Å². The fourth-order valence-electron chi connectivity index (χ4n) is 1.57.